The van der Waals surface area contributed by atoms with Gasteiger partial charge in [-0.25, -0.2) is 4.68 Å². The van der Waals surface area contributed by atoms with Gasteiger partial charge in [0.2, 0.25) is 0 Å². The molecule has 1 amide bonds. The number of hydrogen-bond acceptors (Lipinski definition) is 4. The summed E-state index contributed by atoms with van der Waals surface area (Å²) in [4.78, 5) is 14.6. The molecule has 0 bridgehead atoms. The second-order valence-corrected chi connectivity index (χ2v) is 6.60. The molecule has 1 aromatic carbocycles. The highest BCUT2D eigenvalue weighted by atomic mass is 16.3. The maximum Gasteiger partial charge on any atom is 0.251 e. The topological polar surface area (TPSA) is 63.3 Å². The molecule has 4 rings (SSSR count). The molecule has 0 atom stereocenters. The standard InChI is InChI=1S/C20H22N4O2/c1-15-12-19-23(9-3-10-24(19)22-15)14-16-5-7-17(8-6-16)20(25)21-13-18-4-2-11-26-18/h2,4-8,11-12H,3,9-10,13-14H2,1H3,(H,21,25). The molecule has 1 aliphatic rings. The highest BCUT2D eigenvalue weighted by Gasteiger charge is 2.18. The van der Waals surface area contributed by atoms with Gasteiger partial charge in [-0.15, -0.1) is 0 Å². The van der Waals surface area contributed by atoms with Gasteiger partial charge in [0, 0.05) is 31.3 Å². The van der Waals surface area contributed by atoms with Gasteiger partial charge in [0.25, 0.3) is 5.91 Å². The van der Waals surface area contributed by atoms with E-state index in [0.29, 0.717) is 12.1 Å². The normalized spacial score (nSPS) is 13.5. The van der Waals surface area contributed by atoms with Crippen LogP contribution in [0.25, 0.3) is 0 Å². The maximum absolute atomic E-state index is 12.2. The van der Waals surface area contributed by atoms with Crippen LogP contribution in [-0.2, 0) is 19.6 Å². The van der Waals surface area contributed by atoms with E-state index in [1.807, 2.05) is 43.3 Å². The lowest BCUT2D eigenvalue weighted by Crippen LogP contribution is -2.31. The van der Waals surface area contributed by atoms with Crippen molar-refractivity contribution in [2.75, 3.05) is 11.4 Å². The van der Waals surface area contributed by atoms with Gasteiger partial charge in [0.05, 0.1) is 18.5 Å². The van der Waals surface area contributed by atoms with Crippen molar-refractivity contribution in [2.24, 2.45) is 0 Å². The molecule has 26 heavy (non-hydrogen) atoms. The van der Waals surface area contributed by atoms with Crippen LogP contribution in [0.1, 0.15) is 33.8 Å². The van der Waals surface area contributed by atoms with E-state index in [2.05, 4.69) is 26.1 Å². The Bertz CT molecular complexity index is 881. The fourth-order valence-electron chi connectivity index (χ4n) is 3.30. The van der Waals surface area contributed by atoms with Crippen molar-refractivity contribution in [1.29, 1.82) is 0 Å². The molecule has 0 radical (unpaired) electrons. The molecule has 6 nitrogen and oxygen atoms in total. The molecule has 1 aliphatic heterocycles. The lowest BCUT2D eigenvalue weighted by Gasteiger charge is -2.29. The van der Waals surface area contributed by atoms with Crippen molar-refractivity contribution in [3.8, 4) is 0 Å². The molecule has 0 spiro atoms. The minimum atomic E-state index is -0.0976. The van der Waals surface area contributed by atoms with Gasteiger partial charge in [-0.05, 0) is 43.2 Å². The molecule has 0 fully saturated rings. The van der Waals surface area contributed by atoms with E-state index in [0.717, 1.165) is 37.5 Å². The molecule has 0 saturated carbocycles. The maximum atomic E-state index is 12.2. The van der Waals surface area contributed by atoms with E-state index in [1.165, 1.54) is 11.4 Å². The van der Waals surface area contributed by atoms with E-state index in [-0.39, 0.29) is 5.91 Å². The average molecular weight is 350 g/mol. The molecular weight excluding hydrogens is 328 g/mol. The fourth-order valence-corrected chi connectivity index (χ4v) is 3.30. The van der Waals surface area contributed by atoms with Crippen LogP contribution < -0.4 is 10.2 Å². The summed E-state index contributed by atoms with van der Waals surface area (Å²) in [7, 11) is 0. The minimum absolute atomic E-state index is 0.0976. The molecule has 3 aromatic rings. The van der Waals surface area contributed by atoms with Crippen molar-refractivity contribution >= 4 is 11.7 Å². The summed E-state index contributed by atoms with van der Waals surface area (Å²) in [6.07, 6.45) is 2.70. The number of furan rings is 1. The number of benzene rings is 1. The third-order valence-electron chi connectivity index (χ3n) is 4.60. The fraction of sp³-hybridized carbons (Fsp3) is 0.300. The molecule has 0 saturated heterocycles. The number of nitrogens with zero attached hydrogens (tertiary/aromatic N) is 3. The number of aromatic nitrogens is 2. The Kier molecular flexibility index (Phi) is 4.48. The SMILES string of the molecule is Cc1cc2n(n1)CCCN2Cc1ccc(C(=O)NCc2ccco2)cc1. The average Bonchev–Trinajstić information content (AvgIpc) is 3.29. The number of nitrogens with one attached hydrogen (secondary N) is 1. The Morgan fingerprint density at radius 3 is 2.85 bits per heavy atom. The number of amides is 1. The van der Waals surface area contributed by atoms with Crippen LogP contribution >= 0.6 is 0 Å². The molecule has 6 heteroatoms. The van der Waals surface area contributed by atoms with Crippen molar-refractivity contribution in [2.45, 2.75) is 33.0 Å². The van der Waals surface area contributed by atoms with Gasteiger partial charge in [0.1, 0.15) is 11.6 Å². The number of hydrogen-bond donors (Lipinski definition) is 1. The number of rotatable bonds is 5. The molecule has 0 unspecified atom stereocenters. The summed E-state index contributed by atoms with van der Waals surface area (Å²) < 4.78 is 7.31. The van der Waals surface area contributed by atoms with E-state index >= 15 is 0 Å². The monoisotopic (exact) mass is 350 g/mol. The predicted octanol–water partition coefficient (Wildman–Crippen LogP) is 3.12. The highest BCUT2D eigenvalue weighted by Crippen LogP contribution is 2.23. The first kappa shape index (κ1) is 16.4. The molecular formula is C20H22N4O2. The Balaban J connectivity index is 1.39. The Hall–Kier alpha value is -3.02. The van der Waals surface area contributed by atoms with Crippen molar-refractivity contribution in [1.82, 2.24) is 15.1 Å². The lowest BCUT2D eigenvalue weighted by molar-refractivity contribution is 0.0948. The second kappa shape index (κ2) is 7.07. The Morgan fingerprint density at radius 1 is 1.23 bits per heavy atom. The van der Waals surface area contributed by atoms with Crippen molar-refractivity contribution in [3.05, 3.63) is 71.3 Å². The van der Waals surface area contributed by atoms with Crippen LogP contribution in [0.2, 0.25) is 0 Å². The summed E-state index contributed by atoms with van der Waals surface area (Å²) in [6.45, 7) is 5.24. The summed E-state index contributed by atoms with van der Waals surface area (Å²) in [5.41, 5.74) is 2.88. The van der Waals surface area contributed by atoms with Gasteiger partial charge < -0.3 is 14.6 Å². The van der Waals surface area contributed by atoms with Crippen LogP contribution in [0.4, 0.5) is 5.82 Å². The smallest absolute Gasteiger partial charge is 0.251 e. The first-order valence-corrected chi connectivity index (χ1v) is 8.88. The molecule has 2 aromatic heterocycles. The summed E-state index contributed by atoms with van der Waals surface area (Å²) in [6, 6.07) is 13.6. The third kappa shape index (κ3) is 3.49. The van der Waals surface area contributed by atoms with E-state index in [4.69, 9.17) is 4.42 Å². The van der Waals surface area contributed by atoms with Gasteiger partial charge >= 0.3 is 0 Å². The van der Waals surface area contributed by atoms with Gasteiger partial charge in [-0.1, -0.05) is 12.1 Å². The van der Waals surface area contributed by atoms with Gasteiger partial charge in [-0.2, -0.15) is 5.10 Å². The van der Waals surface area contributed by atoms with Crippen LogP contribution in [0.5, 0.6) is 0 Å². The van der Waals surface area contributed by atoms with E-state index in [1.54, 1.807) is 6.26 Å². The Labute approximate surface area is 152 Å². The Morgan fingerprint density at radius 2 is 2.08 bits per heavy atom. The minimum Gasteiger partial charge on any atom is -0.467 e. The van der Waals surface area contributed by atoms with Crippen LogP contribution in [-0.4, -0.2) is 22.2 Å². The number of carbonyl (C=O) groups excluding carboxylic acids is 1. The van der Waals surface area contributed by atoms with E-state index in [9.17, 15) is 4.79 Å². The predicted molar refractivity (Wildman–Crippen MR) is 99.0 cm³/mol. The molecule has 134 valence electrons. The van der Waals surface area contributed by atoms with Crippen molar-refractivity contribution < 1.29 is 9.21 Å². The van der Waals surface area contributed by atoms with Crippen LogP contribution in [0, 0.1) is 6.92 Å². The molecule has 1 N–H and O–H groups in total. The van der Waals surface area contributed by atoms with Crippen LogP contribution in [0.3, 0.4) is 0 Å². The summed E-state index contributed by atoms with van der Waals surface area (Å²) in [5, 5.41) is 7.40. The number of anilines is 1. The van der Waals surface area contributed by atoms with Crippen LogP contribution in [0.15, 0.2) is 53.1 Å². The zero-order valence-electron chi connectivity index (χ0n) is 14.8. The molecule has 3 heterocycles. The zero-order valence-corrected chi connectivity index (χ0v) is 14.8. The first-order chi connectivity index (χ1) is 12.7. The summed E-state index contributed by atoms with van der Waals surface area (Å²) in [5.74, 6) is 1.82. The van der Waals surface area contributed by atoms with Crippen molar-refractivity contribution in [3.63, 3.8) is 0 Å². The molecule has 0 aliphatic carbocycles. The summed E-state index contributed by atoms with van der Waals surface area (Å²) >= 11 is 0. The quantitative estimate of drug-likeness (QED) is 0.768. The van der Waals surface area contributed by atoms with Gasteiger partial charge in [0.15, 0.2) is 0 Å². The van der Waals surface area contributed by atoms with E-state index < -0.39 is 0 Å². The lowest BCUT2D eigenvalue weighted by atomic mass is 10.1. The number of fused-ring (bicyclic) bond motifs is 1. The zero-order chi connectivity index (χ0) is 17.9. The third-order valence-corrected chi connectivity index (χ3v) is 4.60. The number of aryl methyl sites for hydroxylation is 2. The van der Waals surface area contributed by atoms with Gasteiger partial charge in [-0.3, -0.25) is 4.79 Å². The largest absolute Gasteiger partial charge is 0.467 e. The number of carbonyl (C=O) groups is 1. The second-order valence-electron chi connectivity index (χ2n) is 6.60. The highest BCUT2D eigenvalue weighted by molar-refractivity contribution is 5.94. The first-order valence-electron chi connectivity index (χ1n) is 8.88.